The number of halogens is 3. The van der Waals surface area contributed by atoms with Gasteiger partial charge in [-0.15, -0.1) is 5.10 Å². The highest BCUT2D eigenvalue weighted by Crippen LogP contribution is 2.38. The third-order valence-electron chi connectivity index (χ3n) is 5.66. The van der Waals surface area contributed by atoms with Crippen molar-refractivity contribution in [3.05, 3.63) is 110 Å². The molecular weight excluding hydrogens is 581 g/mol. The Hall–Kier alpha value is -2.78. The van der Waals surface area contributed by atoms with Crippen LogP contribution in [0.15, 0.2) is 93.7 Å². The van der Waals surface area contributed by atoms with E-state index in [0.29, 0.717) is 43.9 Å². The first-order chi connectivity index (χ1) is 17.4. The zero-order valence-corrected chi connectivity index (χ0v) is 22.9. The highest BCUT2D eigenvalue weighted by molar-refractivity contribution is 9.10. The second-order valence-corrected chi connectivity index (χ2v) is 10.8. The molecule has 0 saturated heterocycles. The van der Waals surface area contributed by atoms with Crippen molar-refractivity contribution < 1.29 is 4.79 Å². The lowest BCUT2D eigenvalue weighted by atomic mass is 9.95. The van der Waals surface area contributed by atoms with Gasteiger partial charge >= 0.3 is 0 Å². The first-order valence-corrected chi connectivity index (χ1v) is 13.6. The number of nitrogens with one attached hydrogen (secondary N) is 2. The second-order valence-electron chi connectivity index (χ2n) is 8.12. The number of benzene rings is 3. The van der Waals surface area contributed by atoms with Crippen LogP contribution in [0.3, 0.4) is 0 Å². The van der Waals surface area contributed by atoms with Gasteiger partial charge in [-0.05, 0) is 60.5 Å². The molecule has 1 aromatic heterocycles. The van der Waals surface area contributed by atoms with Gasteiger partial charge < -0.3 is 10.6 Å². The minimum Gasteiger partial charge on any atom is -0.328 e. The molecule has 182 valence electrons. The van der Waals surface area contributed by atoms with Gasteiger partial charge in [-0.2, -0.15) is 4.98 Å². The van der Waals surface area contributed by atoms with Gasteiger partial charge in [0.05, 0.1) is 5.57 Å². The Bertz CT molecular complexity index is 1470. The third kappa shape index (κ3) is 5.32. The maximum Gasteiger partial charge on any atom is 0.255 e. The quantitative estimate of drug-likeness (QED) is 0.223. The molecule has 0 bridgehead atoms. The van der Waals surface area contributed by atoms with Crippen LogP contribution in [-0.2, 0) is 10.5 Å². The topological polar surface area (TPSA) is 71.8 Å². The lowest BCUT2D eigenvalue weighted by molar-refractivity contribution is -0.113. The molecule has 0 aliphatic carbocycles. The number of anilines is 2. The van der Waals surface area contributed by atoms with Gasteiger partial charge in [-0.25, -0.2) is 4.68 Å². The monoisotopic (exact) mass is 599 g/mol. The summed E-state index contributed by atoms with van der Waals surface area (Å²) in [6.45, 7) is 1.87. The van der Waals surface area contributed by atoms with Crippen LogP contribution in [0.25, 0.3) is 0 Å². The molecule has 1 aliphatic rings. The molecule has 4 aromatic rings. The Morgan fingerprint density at radius 1 is 1.11 bits per heavy atom. The highest BCUT2D eigenvalue weighted by Gasteiger charge is 2.34. The molecular formula is C26H20BrCl2N5OS. The number of rotatable bonds is 6. The van der Waals surface area contributed by atoms with Crippen molar-refractivity contribution >= 4 is 68.4 Å². The molecule has 1 atom stereocenters. The van der Waals surface area contributed by atoms with Crippen molar-refractivity contribution in [3.8, 4) is 0 Å². The Labute approximate surface area is 231 Å². The van der Waals surface area contributed by atoms with E-state index in [4.69, 9.17) is 33.3 Å². The molecule has 0 saturated carbocycles. The van der Waals surface area contributed by atoms with Gasteiger partial charge in [0.25, 0.3) is 5.91 Å². The van der Waals surface area contributed by atoms with Crippen LogP contribution in [0.5, 0.6) is 0 Å². The van der Waals surface area contributed by atoms with Crippen LogP contribution < -0.4 is 10.6 Å². The Balaban J connectivity index is 1.49. The van der Waals surface area contributed by atoms with Crippen molar-refractivity contribution in [2.24, 2.45) is 0 Å². The summed E-state index contributed by atoms with van der Waals surface area (Å²) >= 11 is 17.4. The number of amides is 1. The van der Waals surface area contributed by atoms with Gasteiger partial charge in [0, 0.05) is 31.7 Å². The number of hydrogen-bond acceptors (Lipinski definition) is 5. The molecule has 5 rings (SSSR count). The van der Waals surface area contributed by atoms with Gasteiger partial charge in [0.2, 0.25) is 11.1 Å². The molecule has 1 aliphatic heterocycles. The summed E-state index contributed by atoms with van der Waals surface area (Å²) in [5.74, 6) is 0.960. The summed E-state index contributed by atoms with van der Waals surface area (Å²) in [5.41, 5.74) is 3.81. The predicted octanol–water partition coefficient (Wildman–Crippen LogP) is 7.57. The second kappa shape index (κ2) is 10.7. The van der Waals surface area contributed by atoms with Crippen LogP contribution in [0.2, 0.25) is 10.0 Å². The maximum absolute atomic E-state index is 13.6. The summed E-state index contributed by atoms with van der Waals surface area (Å²) < 4.78 is 2.67. The Morgan fingerprint density at radius 3 is 2.64 bits per heavy atom. The zero-order chi connectivity index (χ0) is 25.2. The molecule has 0 fully saturated rings. The molecule has 36 heavy (non-hydrogen) atoms. The lowest BCUT2D eigenvalue weighted by Crippen LogP contribution is -2.31. The Kier molecular flexibility index (Phi) is 7.39. The number of aromatic nitrogens is 3. The average Bonchev–Trinajstić information content (AvgIpc) is 3.26. The van der Waals surface area contributed by atoms with Crippen LogP contribution in [-0.4, -0.2) is 20.7 Å². The molecule has 1 amide bonds. The van der Waals surface area contributed by atoms with Crippen LogP contribution in [0.4, 0.5) is 11.6 Å². The van der Waals surface area contributed by atoms with Crippen molar-refractivity contribution in [2.75, 3.05) is 10.6 Å². The first-order valence-electron chi connectivity index (χ1n) is 11.0. The predicted molar refractivity (Wildman–Crippen MR) is 150 cm³/mol. The fourth-order valence-electron chi connectivity index (χ4n) is 3.96. The molecule has 2 heterocycles. The van der Waals surface area contributed by atoms with E-state index < -0.39 is 6.04 Å². The third-order valence-corrected chi connectivity index (χ3v) is 7.66. The fraction of sp³-hybridized carbons (Fsp3) is 0.115. The number of nitrogens with zero attached hydrogens (tertiary/aromatic N) is 3. The number of carbonyl (C=O) groups excluding carboxylic acids is 1. The van der Waals surface area contributed by atoms with E-state index in [0.717, 1.165) is 15.6 Å². The summed E-state index contributed by atoms with van der Waals surface area (Å²) in [5, 5.41) is 12.9. The summed E-state index contributed by atoms with van der Waals surface area (Å²) in [4.78, 5) is 18.3. The van der Waals surface area contributed by atoms with E-state index in [1.165, 1.54) is 11.8 Å². The Morgan fingerprint density at radius 2 is 1.89 bits per heavy atom. The molecule has 6 nitrogen and oxygen atoms in total. The van der Waals surface area contributed by atoms with E-state index in [1.54, 1.807) is 28.9 Å². The van der Waals surface area contributed by atoms with E-state index >= 15 is 0 Å². The van der Waals surface area contributed by atoms with Crippen molar-refractivity contribution in [1.29, 1.82) is 0 Å². The normalized spacial score (nSPS) is 14.8. The number of fused-ring (bicyclic) bond motifs is 1. The summed E-state index contributed by atoms with van der Waals surface area (Å²) in [7, 11) is 0. The highest BCUT2D eigenvalue weighted by atomic mass is 79.9. The van der Waals surface area contributed by atoms with Crippen molar-refractivity contribution in [3.63, 3.8) is 0 Å². The van der Waals surface area contributed by atoms with E-state index in [9.17, 15) is 4.79 Å². The van der Waals surface area contributed by atoms with Crippen LogP contribution in [0.1, 0.15) is 24.1 Å². The van der Waals surface area contributed by atoms with Crippen LogP contribution in [0, 0.1) is 0 Å². The molecule has 0 unspecified atom stereocenters. The number of hydrogen-bond donors (Lipinski definition) is 2. The van der Waals surface area contributed by atoms with Gasteiger partial charge in [0.1, 0.15) is 6.04 Å². The van der Waals surface area contributed by atoms with E-state index in [1.807, 2.05) is 55.5 Å². The lowest BCUT2D eigenvalue weighted by Gasteiger charge is -2.28. The van der Waals surface area contributed by atoms with E-state index in [-0.39, 0.29) is 5.91 Å². The van der Waals surface area contributed by atoms with Crippen LogP contribution >= 0.6 is 50.9 Å². The molecule has 10 heteroatoms. The first kappa shape index (κ1) is 24.9. The summed E-state index contributed by atoms with van der Waals surface area (Å²) in [6.07, 6.45) is 0. The number of thioether (sulfide) groups is 1. The minimum atomic E-state index is -0.479. The minimum absolute atomic E-state index is 0.237. The summed E-state index contributed by atoms with van der Waals surface area (Å²) in [6, 6.07) is 22.1. The average molecular weight is 601 g/mol. The zero-order valence-electron chi connectivity index (χ0n) is 19.0. The number of allylic oxidation sites excluding steroid dienone is 1. The van der Waals surface area contributed by atoms with Gasteiger partial charge in [0.15, 0.2) is 0 Å². The smallest absolute Gasteiger partial charge is 0.255 e. The maximum atomic E-state index is 13.6. The molecule has 3 aromatic carbocycles. The SMILES string of the molecule is CC1=C(C(=O)Nc2ccc(Cl)cc2)[C@@H](c2cccc(Br)c2)n2nc(SCc3ccccc3Cl)nc2N1. The van der Waals surface area contributed by atoms with Crippen molar-refractivity contribution in [1.82, 2.24) is 14.8 Å². The van der Waals surface area contributed by atoms with Crippen molar-refractivity contribution in [2.45, 2.75) is 23.9 Å². The molecule has 2 N–H and O–H groups in total. The number of carbonyl (C=O) groups is 1. The molecule has 0 radical (unpaired) electrons. The van der Waals surface area contributed by atoms with E-state index in [2.05, 4.69) is 26.6 Å². The standard InChI is InChI=1S/C26H20BrCl2N5OS/c1-15-22(24(35)31-20-11-9-19(28)10-12-20)23(16-6-4-7-18(27)13-16)34-25(30-15)32-26(33-34)36-14-17-5-2-3-8-21(17)29/h2-13,23H,14H2,1H3,(H,31,35)(H,30,32,33)/t23-/m1/s1. The van der Waals surface area contributed by atoms with Gasteiger partial charge in [-0.1, -0.05) is 81.2 Å². The van der Waals surface area contributed by atoms with Gasteiger partial charge in [-0.3, -0.25) is 4.79 Å². The largest absolute Gasteiger partial charge is 0.328 e. The fourth-order valence-corrected chi connectivity index (χ4v) is 5.62. The molecule has 0 spiro atoms.